The summed E-state index contributed by atoms with van der Waals surface area (Å²) in [6.07, 6.45) is -1.23. The molecule has 0 radical (unpaired) electrons. The summed E-state index contributed by atoms with van der Waals surface area (Å²) in [5.74, 6) is 0.323. The van der Waals surface area contributed by atoms with Crippen LogP contribution in [-0.2, 0) is 9.59 Å². The van der Waals surface area contributed by atoms with E-state index in [9.17, 15) is 14.7 Å². The number of methoxy groups -OCH3 is 1. The molecule has 2 amide bonds. The molecule has 0 aliphatic carbocycles. The molecule has 0 aromatic heterocycles. The Balaban J connectivity index is 1.72. The summed E-state index contributed by atoms with van der Waals surface area (Å²) in [6.45, 7) is 3.85. The Morgan fingerprint density at radius 2 is 1.79 bits per heavy atom. The molecule has 0 aliphatic rings. The largest absolute Gasteiger partial charge is 0.497 e. The lowest BCUT2D eigenvalue weighted by Crippen LogP contribution is -2.36. The number of aryl methyl sites for hydroxylation is 1. The van der Waals surface area contributed by atoms with Crippen molar-refractivity contribution in [1.82, 2.24) is 5.32 Å². The zero-order valence-electron chi connectivity index (χ0n) is 16.3. The molecule has 7 heteroatoms. The van der Waals surface area contributed by atoms with E-state index >= 15 is 0 Å². The summed E-state index contributed by atoms with van der Waals surface area (Å²) >= 11 is 0. The molecule has 1 unspecified atom stereocenters. The van der Waals surface area contributed by atoms with Crippen molar-refractivity contribution in [3.05, 3.63) is 53.6 Å². The van der Waals surface area contributed by atoms with E-state index in [1.807, 2.05) is 26.0 Å². The monoisotopic (exact) mass is 386 g/mol. The number of carbonyl (C=O) groups is 2. The number of anilines is 1. The topological polar surface area (TPSA) is 96.9 Å². The van der Waals surface area contributed by atoms with Crippen LogP contribution < -0.4 is 20.1 Å². The van der Waals surface area contributed by atoms with Crippen LogP contribution in [0.1, 0.15) is 17.5 Å². The summed E-state index contributed by atoms with van der Waals surface area (Å²) in [5, 5.41) is 15.2. The van der Waals surface area contributed by atoms with E-state index in [0.717, 1.165) is 11.1 Å². The number of ether oxygens (including phenoxy) is 2. The molecule has 0 spiro atoms. The van der Waals surface area contributed by atoms with E-state index < -0.39 is 17.9 Å². The van der Waals surface area contributed by atoms with Gasteiger partial charge in [-0.1, -0.05) is 18.2 Å². The van der Waals surface area contributed by atoms with Gasteiger partial charge in [0.2, 0.25) is 11.8 Å². The number of carbonyl (C=O) groups excluding carboxylic acids is 2. The summed E-state index contributed by atoms with van der Waals surface area (Å²) < 4.78 is 10.6. The first-order chi connectivity index (χ1) is 13.4. The second-order valence-electron chi connectivity index (χ2n) is 6.42. The molecule has 1 atom stereocenters. The highest BCUT2D eigenvalue weighted by molar-refractivity contribution is 6.03. The van der Waals surface area contributed by atoms with Crippen LogP contribution in [0, 0.1) is 13.8 Å². The van der Waals surface area contributed by atoms with Gasteiger partial charge in [-0.3, -0.25) is 9.59 Å². The molecular weight excluding hydrogens is 360 g/mol. The fraction of sp³-hybridized carbons (Fsp3) is 0.333. The quantitative estimate of drug-likeness (QED) is 0.574. The van der Waals surface area contributed by atoms with Crippen molar-refractivity contribution in [2.45, 2.75) is 26.4 Å². The van der Waals surface area contributed by atoms with Crippen molar-refractivity contribution in [3.63, 3.8) is 0 Å². The smallest absolute Gasteiger partial charge is 0.233 e. The Hall–Kier alpha value is -3.06. The third kappa shape index (κ3) is 6.59. The molecule has 0 bridgehead atoms. The third-order valence-electron chi connectivity index (χ3n) is 4.22. The van der Waals surface area contributed by atoms with Gasteiger partial charge in [-0.05, 0) is 43.2 Å². The molecule has 0 heterocycles. The molecule has 28 heavy (non-hydrogen) atoms. The minimum Gasteiger partial charge on any atom is -0.497 e. The molecular formula is C21H26N2O5. The zero-order valence-corrected chi connectivity index (χ0v) is 16.3. The van der Waals surface area contributed by atoms with Gasteiger partial charge in [0.25, 0.3) is 0 Å². The minimum absolute atomic E-state index is 0.00211. The van der Waals surface area contributed by atoms with E-state index in [-0.39, 0.29) is 19.6 Å². The second kappa shape index (κ2) is 10.3. The summed E-state index contributed by atoms with van der Waals surface area (Å²) in [5.41, 5.74) is 2.70. The van der Waals surface area contributed by atoms with Gasteiger partial charge in [0.15, 0.2) is 0 Å². The predicted octanol–water partition coefficient (Wildman–Crippen LogP) is 2.20. The molecule has 0 saturated heterocycles. The first kappa shape index (κ1) is 21.2. The van der Waals surface area contributed by atoms with E-state index in [2.05, 4.69) is 10.6 Å². The highest BCUT2D eigenvalue weighted by atomic mass is 16.5. The first-order valence-corrected chi connectivity index (χ1v) is 8.96. The van der Waals surface area contributed by atoms with E-state index in [1.165, 1.54) is 0 Å². The van der Waals surface area contributed by atoms with E-state index in [1.54, 1.807) is 37.4 Å². The Morgan fingerprint density at radius 1 is 1.07 bits per heavy atom. The van der Waals surface area contributed by atoms with Crippen LogP contribution in [0.15, 0.2) is 42.5 Å². The SMILES string of the molecule is COc1cccc(OCC(O)CNC(=O)CC(=O)Nc2cccc(C)c2C)c1. The lowest BCUT2D eigenvalue weighted by Gasteiger charge is -2.14. The van der Waals surface area contributed by atoms with Crippen LogP contribution in [0.3, 0.4) is 0 Å². The molecule has 0 saturated carbocycles. The lowest BCUT2D eigenvalue weighted by atomic mass is 10.1. The Kier molecular flexibility index (Phi) is 7.83. The fourth-order valence-electron chi connectivity index (χ4n) is 2.46. The highest BCUT2D eigenvalue weighted by Gasteiger charge is 2.13. The minimum atomic E-state index is -0.905. The molecule has 7 nitrogen and oxygen atoms in total. The normalized spacial score (nSPS) is 11.4. The fourth-order valence-corrected chi connectivity index (χ4v) is 2.46. The van der Waals surface area contributed by atoms with Gasteiger partial charge in [-0.25, -0.2) is 0 Å². The maximum atomic E-state index is 12.0. The molecule has 2 rings (SSSR count). The van der Waals surface area contributed by atoms with Crippen molar-refractivity contribution in [2.75, 3.05) is 25.6 Å². The molecule has 0 aliphatic heterocycles. The molecule has 2 aromatic rings. The van der Waals surface area contributed by atoms with Gasteiger partial charge in [0, 0.05) is 18.3 Å². The van der Waals surface area contributed by atoms with Crippen molar-refractivity contribution >= 4 is 17.5 Å². The van der Waals surface area contributed by atoms with E-state index in [0.29, 0.717) is 17.2 Å². The number of aliphatic hydroxyl groups excluding tert-OH is 1. The number of amides is 2. The molecule has 3 N–H and O–H groups in total. The van der Waals surface area contributed by atoms with Crippen molar-refractivity contribution in [3.8, 4) is 11.5 Å². The van der Waals surface area contributed by atoms with Crippen LogP contribution in [-0.4, -0.2) is 43.3 Å². The molecule has 0 fully saturated rings. The van der Waals surface area contributed by atoms with Gasteiger partial charge < -0.3 is 25.2 Å². The maximum absolute atomic E-state index is 12.0. The highest BCUT2D eigenvalue weighted by Crippen LogP contribution is 2.19. The third-order valence-corrected chi connectivity index (χ3v) is 4.22. The average Bonchev–Trinajstić information content (AvgIpc) is 2.68. The van der Waals surface area contributed by atoms with E-state index in [4.69, 9.17) is 9.47 Å². The summed E-state index contributed by atoms with van der Waals surface area (Å²) in [4.78, 5) is 23.9. The van der Waals surface area contributed by atoms with Crippen molar-refractivity contribution in [1.29, 1.82) is 0 Å². The average molecular weight is 386 g/mol. The number of benzene rings is 2. The summed E-state index contributed by atoms with van der Waals surface area (Å²) in [7, 11) is 1.56. The van der Waals surface area contributed by atoms with Crippen LogP contribution in [0.5, 0.6) is 11.5 Å². The maximum Gasteiger partial charge on any atom is 0.233 e. The van der Waals surface area contributed by atoms with Gasteiger partial charge in [0.05, 0.1) is 7.11 Å². The number of rotatable bonds is 9. The molecule has 150 valence electrons. The number of aliphatic hydroxyl groups is 1. The Morgan fingerprint density at radius 3 is 2.54 bits per heavy atom. The van der Waals surface area contributed by atoms with Gasteiger partial charge in [-0.15, -0.1) is 0 Å². The van der Waals surface area contributed by atoms with Crippen LogP contribution in [0.4, 0.5) is 5.69 Å². The second-order valence-corrected chi connectivity index (χ2v) is 6.42. The van der Waals surface area contributed by atoms with Gasteiger partial charge in [0.1, 0.15) is 30.6 Å². The summed E-state index contributed by atoms with van der Waals surface area (Å²) in [6, 6.07) is 12.6. The number of hydrogen-bond acceptors (Lipinski definition) is 5. The van der Waals surface area contributed by atoms with Crippen molar-refractivity contribution < 1.29 is 24.2 Å². The van der Waals surface area contributed by atoms with Crippen LogP contribution >= 0.6 is 0 Å². The Labute approximate surface area is 164 Å². The first-order valence-electron chi connectivity index (χ1n) is 8.96. The Bertz CT molecular complexity index is 822. The van der Waals surface area contributed by atoms with Gasteiger partial charge in [-0.2, -0.15) is 0 Å². The number of hydrogen-bond donors (Lipinski definition) is 3. The van der Waals surface area contributed by atoms with Crippen molar-refractivity contribution in [2.24, 2.45) is 0 Å². The zero-order chi connectivity index (χ0) is 20.5. The van der Waals surface area contributed by atoms with Crippen LogP contribution in [0.2, 0.25) is 0 Å². The lowest BCUT2D eigenvalue weighted by molar-refractivity contribution is -0.127. The molecule has 2 aromatic carbocycles. The standard InChI is InChI=1S/C21H26N2O5/c1-14-6-4-9-19(15(14)2)23-21(26)11-20(25)22-12-16(24)13-28-18-8-5-7-17(10-18)27-3/h4-10,16,24H,11-13H2,1-3H3,(H,22,25)(H,23,26). The predicted molar refractivity (Wildman–Crippen MR) is 107 cm³/mol. The van der Waals surface area contributed by atoms with Gasteiger partial charge >= 0.3 is 0 Å². The van der Waals surface area contributed by atoms with Crippen LogP contribution in [0.25, 0.3) is 0 Å². The number of nitrogens with one attached hydrogen (secondary N) is 2.